The van der Waals surface area contributed by atoms with E-state index in [0.717, 1.165) is 46.2 Å². The Bertz CT molecular complexity index is 1450. The van der Waals surface area contributed by atoms with Gasteiger partial charge in [0, 0.05) is 46.7 Å². The predicted molar refractivity (Wildman–Crippen MR) is 145 cm³/mol. The van der Waals surface area contributed by atoms with Crippen molar-refractivity contribution in [2.75, 3.05) is 25.1 Å². The van der Waals surface area contributed by atoms with Gasteiger partial charge < -0.3 is 19.9 Å². The number of anilines is 1. The molecule has 1 amide bonds. The van der Waals surface area contributed by atoms with Gasteiger partial charge >= 0.3 is 0 Å². The van der Waals surface area contributed by atoms with Gasteiger partial charge in [0.2, 0.25) is 5.91 Å². The smallest absolute Gasteiger partial charge is 0.272 e. The third kappa shape index (κ3) is 4.82. The van der Waals surface area contributed by atoms with Crippen LogP contribution in [0.25, 0.3) is 22.0 Å². The molecule has 1 aromatic heterocycles. The van der Waals surface area contributed by atoms with Crippen molar-refractivity contribution in [1.29, 1.82) is 0 Å². The summed E-state index contributed by atoms with van der Waals surface area (Å²) >= 11 is 6.36. The van der Waals surface area contributed by atoms with Crippen LogP contribution in [0.4, 0.5) is 5.69 Å². The first-order valence-corrected chi connectivity index (χ1v) is 12.5. The Morgan fingerprint density at radius 1 is 1.11 bits per heavy atom. The molecule has 0 unspecified atom stereocenters. The third-order valence-corrected chi connectivity index (χ3v) is 7.00. The molecule has 1 saturated heterocycles. The number of carbonyl (C=O) groups excluding carboxylic acids is 1. The Kier molecular flexibility index (Phi) is 6.96. The zero-order valence-corrected chi connectivity index (χ0v) is 20.8. The van der Waals surface area contributed by atoms with Gasteiger partial charge in [0.15, 0.2) is 0 Å². The number of hydrogen-bond donors (Lipinski definition) is 2. The molecule has 0 spiro atoms. The molecule has 1 aliphatic rings. The van der Waals surface area contributed by atoms with E-state index in [0.29, 0.717) is 30.3 Å². The average Bonchev–Trinajstić information content (AvgIpc) is 2.92. The summed E-state index contributed by atoms with van der Waals surface area (Å²) in [5, 5.41) is 4.55. The number of aromatic amines is 1. The number of benzene rings is 3. The average molecular weight is 502 g/mol. The molecule has 1 atom stereocenters. The summed E-state index contributed by atoms with van der Waals surface area (Å²) in [4.78, 5) is 31.7. The molecule has 0 bridgehead atoms. The third-order valence-electron chi connectivity index (χ3n) is 6.77. The van der Waals surface area contributed by atoms with Gasteiger partial charge in [-0.05, 0) is 42.7 Å². The number of piperidine rings is 1. The molecule has 0 saturated carbocycles. The molecule has 1 fully saturated rings. The SMILES string of the molecule is COc1ccccc1CNC(=O)[C@H]1CCCN(c2c(-c3ccccc3)c3cc(Cl)ccc3[nH]c2=O)C1. The summed E-state index contributed by atoms with van der Waals surface area (Å²) < 4.78 is 5.40. The van der Waals surface area contributed by atoms with E-state index >= 15 is 0 Å². The Balaban J connectivity index is 1.46. The summed E-state index contributed by atoms with van der Waals surface area (Å²) in [6.07, 6.45) is 1.58. The molecule has 5 rings (SSSR count). The van der Waals surface area contributed by atoms with Crippen LogP contribution >= 0.6 is 11.6 Å². The topological polar surface area (TPSA) is 74.4 Å². The Morgan fingerprint density at radius 3 is 2.69 bits per heavy atom. The number of methoxy groups -OCH3 is 1. The lowest BCUT2D eigenvalue weighted by molar-refractivity contribution is -0.125. The Hall–Kier alpha value is -3.77. The number of nitrogens with zero attached hydrogens (tertiary/aromatic N) is 1. The molecular formula is C29H28ClN3O3. The number of fused-ring (bicyclic) bond motifs is 1. The standard InChI is InChI=1S/C29H28ClN3O3/c1-36-25-12-6-5-10-20(25)17-31-28(34)21-11-7-15-33(18-21)27-26(19-8-3-2-4-9-19)23-16-22(30)13-14-24(23)32-29(27)35/h2-6,8-10,12-14,16,21H,7,11,15,17-18H2,1H3,(H,31,34)(H,32,35)/t21-/m0/s1. The summed E-state index contributed by atoms with van der Waals surface area (Å²) in [5.74, 6) is 0.496. The summed E-state index contributed by atoms with van der Waals surface area (Å²) in [7, 11) is 1.62. The van der Waals surface area contributed by atoms with Gasteiger partial charge in [-0.3, -0.25) is 9.59 Å². The van der Waals surface area contributed by atoms with Gasteiger partial charge in [-0.2, -0.15) is 0 Å². The van der Waals surface area contributed by atoms with Crippen molar-refractivity contribution >= 4 is 34.1 Å². The van der Waals surface area contributed by atoms with Gasteiger partial charge in [-0.15, -0.1) is 0 Å². The number of pyridine rings is 1. The fraction of sp³-hybridized carbons (Fsp3) is 0.241. The Labute approximate surface area is 214 Å². The molecule has 184 valence electrons. The molecule has 3 aromatic carbocycles. The van der Waals surface area contributed by atoms with E-state index in [2.05, 4.69) is 15.2 Å². The molecule has 0 aliphatic carbocycles. The van der Waals surface area contributed by atoms with E-state index < -0.39 is 0 Å². The van der Waals surface area contributed by atoms with Crippen molar-refractivity contribution < 1.29 is 9.53 Å². The van der Waals surface area contributed by atoms with Gasteiger partial charge in [0.05, 0.1) is 13.0 Å². The highest BCUT2D eigenvalue weighted by molar-refractivity contribution is 6.31. The number of carbonyl (C=O) groups is 1. The van der Waals surface area contributed by atoms with Crippen molar-refractivity contribution in [2.45, 2.75) is 19.4 Å². The normalized spacial score (nSPS) is 15.6. The molecule has 2 heterocycles. The van der Waals surface area contributed by atoms with Crippen molar-refractivity contribution in [3.8, 4) is 16.9 Å². The van der Waals surface area contributed by atoms with Crippen LogP contribution in [0.5, 0.6) is 5.75 Å². The molecule has 0 radical (unpaired) electrons. The van der Waals surface area contributed by atoms with Gasteiger partial charge in [0.25, 0.3) is 5.56 Å². The van der Waals surface area contributed by atoms with E-state index in [9.17, 15) is 9.59 Å². The van der Waals surface area contributed by atoms with Crippen LogP contribution in [-0.2, 0) is 11.3 Å². The molecule has 7 heteroatoms. The van der Waals surface area contributed by atoms with E-state index in [1.54, 1.807) is 13.2 Å². The van der Waals surface area contributed by atoms with E-state index in [1.807, 2.05) is 66.7 Å². The summed E-state index contributed by atoms with van der Waals surface area (Å²) in [6.45, 7) is 1.56. The molecule has 1 aliphatic heterocycles. The maximum Gasteiger partial charge on any atom is 0.272 e. The van der Waals surface area contributed by atoms with E-state index in [1.165, 1.54) is 0 Å². The number of rotatable bonds is 6. The minimum atomic E-state index is -0.230. The lowest BCUT2D eigenvalue weighted by Crippen LogP contribution is -2.44. The summed E-state index contributed by atoms with van der Waals surface area (Å²) in [5.41, 5.74) is 3.85. The van der Waals surface area contributed by atoms with Gasteiger partial charge in [-0.25, -0.2) is 0 Å². The number of hydrogen-bond acceptors (Lipinski definition) is 4. The highest BCUT2D eigenvalue weighted by Crippen LogP contribution is 2.37. The van der Waals surface area contributed by atoms with Crippen LogP contribution in [0.2, 0.25) is 5.02 Å². The molecule has 36 heavy (non-hydrogen) atoms. The van der Waals surface area contributed by atoms with Crippen LogP contribution in [0.1, 0.15) is 18.4 Å². The number of aromatic nitrogens is 1. The minimum Gasteiger partial charge on any atom is -0.496 e. The monoisotopic (exact) mass is 501 g/mol. The van der Waals surface area contributed by atoms with Crippen LogP contribution in [0.15, 0.2) is 77.6 Å². The van der Waals surface area contributed by atoms with Crippen molar-refractivity contribution in [2.24, 2.45) is 5.92 Å². The predicted octanol–water partition coefficient (Wildman–Crippen LogP) is 5.39. The maximum atomic E-state index is 13.4. The second kappa shape index (κ2) is 10.5. The van der Waals surface area contributed by atoms with Gasteiger partial charge in [-0.1, -0.05) is 60.1 Å². The van der Waals surface area contributed by atoms with Crippen LogP contribution in [0.3, 0.4) is 0 Å². The Morgan fingerprint density at radius 2 is 1.89 bits per heavy atom. The quantitative estimate of drug-likeness (QED) is 0.371. The van der Waals surface area contributed by atoms with E-state index in [4.69, 9.17) is 16.3 Å². The van der Waals surface area contributed by atoms with Crippen LogP contribution in [-0.4, -0.2) is 31.1 Å². The number of H-pyrrole nitrogens is 1. The van der Waals surface area contributed by atoms with E-state index in [-0.39, 0.29) is 17.4 Å². The maximum absolute atomic E-state index is 13.4. The van der Waals surface area contributed by atoms with Crippen molar-refractivity contribution in [1.82, 2.24) is 10.3 Å². The number of para-hydroxylation sites is 1. The van der Waals surface area contributed by atoms with Crippen LogP contribution < -0.4 is 20.5 Å². The number of nitrogens with one attached hydrogen (secondary N) is 2. The first kappa shape index (κ1) is 23.9. The minimum absolute atomic E-state index is 0.0212. The largest absolute Gasteiger partial charge is 0.496 e. The first-order chi connectivity index (χ1) is 17.5. The highest BCUT2D eigenvalue weighted by Gasteiger charge is 2.29. The lowest BCUT2D eigenvalue weighted by atomic mass is 9.93. The fourth-order valence-electron chi connectivity index (χ4n) is 5.02. The molecule has 4 aromatic rings. The lowest BCUT2D eigenvalue weighted by Gasteiger charge is -2.34. The fourth-order valence-corrected chi connectivity index (χ4v) is 5.20. The van der Waals surface area contributed by atoms with Crippen molar-refractivity contribution in [3.05, 3.63) is 93.7 Å². The van der Waals surface area contributed by atoms with Crippen molar-refractivity contribution in [3.63, 3.8) is 0 Å². The molecule has 2 N–H and O–H groups in total. The second-order valence-corrected chi connectivity index (χ2v) is 9.48. The molecule has 6 nitrogen and oxygen atoms in total. The number of halogens is 1. The number of amides is 1. The summed E-state index contributed by atoms with van der Waals surface area (Å²) in [6, 6.07) is 23.0. The highest BCUT2D eigenvalue weighted by atomic mass is 35.5. The zero-order chi connectivity index (χ0) is 25.1. The number of ether oxygens (including phenoxy) is 1. The second-order valence-electron chi connectivity index (χ2n) is 9.05. The molecular weight excluding hydrogens is 474 g/mol. The van der Waals surface area contributed by atoms with Gasteiger partial charge in [0.1, 0.15) is 11.4 Å². The van der Waals surface area contributed by atoms with Crippen LogP contribution in [0, 0.1) is 5.92 Å². The zero-order valence-electron chi connectivity index (χ0n) is 20.1. The first-order valence-electron chi connectivity index (χ1n) is 12.1.